The highest BCUT2D eigenvalue weighted by Crippen LogP contribution is 2.24. The molecule has 0 radical (unpaired) electrons. The number of hydrogen-bond donors (Lipinski definition) is 3. The van der Waals surface area contributed by atoms with Crippen molar-refractivity contribution >= 4 is 40.7 Å². The predicted octanol–water partition coefficient (Wildman–Crippen LogP) is 3.93. The van der Waals surface area contributed by atoms with Crippen LogP contribution in [0.3, 0.4) is 0 Å². The van der Waals surface area contributed by atoms with E-state index in [0.717, 1.165) is 47.4 Å². The molecule has 0 saturated carbocycles. The van der Waals surface area contributed by atoms with E-state index < -0.39 is 0 Å². The molecule has 2 aromatic rings. The van der Waals surface area contributed by atoms with Gasteiger partial charge in [0.05, 0.1) is 6.61 Å². The van der Waals surface area contributed by atoms with Crippen LogP contribution in [0.15, 0.2) is 53.0 Å². The van der Waals surface area contributed by atoms with Crippen molar-refractivity contribution in [2.75, 3.05) is 26.2 Å². The molecule has 0 atom stereocenters. The maximum Gasteiger partial charge on any atom is 0.124 e. The average Bonchev–Trinajstić information content (AvgIpc) is 2.61. The van der Waals surface area contributed by atoms with E-state index in [2.05, 4.69) is 44.8 Å². The lowest BCUT2D eigenvalue weighted by molar-refractivity contribution is 0.292. The van der Waals surface area contributed by atoms with E-state index in [1.54, 1.807) is 0 Å². The molecule has 146 valence electrons. The molecule has 0 bridgehead atoms. The predicted molar refractivity (Wildman–Crippen MR) is 116 cm³/mol. The fraction of sp³-hybridized carbons (Fsp3) is 0.368. The fourth-order valence-corrected chi connectivity index (χ4v) is 2.74. The Morgan fingerprint density at radius 2 is 1.65 bits per heavy atom. The van der Waals surface area contributed by atoms with Crippen molar-refractivity contribution in [1.82, 2.24) is 10.6 Å². The van der Waals surface area contributed by atoms with Gasteiger partial charge in [-0.1, -0.05) is 46.3 Å². The fourth-order valence-electron chi connectivity index (χ4n) is 2.33. The Balaban J connectivity index is 0.00000312. The summed E-state index contributed by atoms with van der Waals surface area (Å²) in [5.41, 5.74) is 2.30. The van der Waals surface area contributed by atoms with Crippen LogP contribution in [0.5, 0.6) is 5.75 Å². The van der Waals surface area contributed by atoms with Gasteiger partial charge in [-0.25, -0.2) is 0 Å². The molecule has 0 aliphatic carbocycles. The van der Waals surface area contributed by atoms with Crippen molar-refractivity contribution in [2.24, 2.45) is 0 Å². The average molecular weight is 466 g/mol. The zero-order valence-electron chi connectivity index (χ0n) is 14.6. The van der Waals surface area contributed by atoms with Crippen molar-refractivity contribution < 1.29 is 9.84 Å². The molecule has 0 spiro atoms. The Bertz CT molecular complexity index is 603. The van der Waals surface area contributed by atoms with Crippen LogP contribution in [0.1, 0.15) is 17.5 Å². The molecular weight excluding hydrogens is 439 g/mol. The summed E-state index contributed by atoms with van der Waals surface area (Å²) >= 11 is 3.53. The van der Waals surface area contributed by atoms with Gasteiger partial charge in [-0.3, -0.25) is 0 Å². The van der Waals surface area contributed by atoms with E-state index >= 15 is 0 Å². The number of halogens is 3. The van der Waals surface area contributed by atoms with E-state index in [4.69, 9.17) is 9.84 Å². The minimum atomic E-state index is 0. The number of rotatable bonds is 11. The number of ether oxygens (including phenoxy) is 1. The lowest BCUT2D eigenvalue weighted by Gasteiger charge is -2.13. The Kier molecular flexibility index (Phi) is 14.8. The number of benzene rings is 2. The van der Waals surface area contributed by atoms with E-state index in [9.17, 15) is 0 Å². The Labute approximate surface area is 176 Å². The van der Waals surface area contributed by atoms with Gasteiger partial charge >= 0.3 is 0 Å². The summed E-state index contributed by atoms with van der Waals surface area (Å²) in [5.74, 6) is 0.910. The number of aliphatic hydroxyl groups excluding tert-OH is 1. The lowest BCUT2D eigenvalue weighted by atomic mass is 10.2. The van der Waals surface area contributed by atoms with Crippen LogP contribution in [-0.4, -0.2) is 31.3 Å². The second-order valence-corrected chi connectivity index (χ2v) is 6.45. The first-order chi connectivity index (χ1) is 11.8. The van der Waals surface area contributed by atoms with E-state index in [-0.39, 0.29) is 31.4 Å². The van der Waals surface area contributed by atoms with Gasteiger partial charge in [0.1, 0.15) is 12.4 Å². The van der Waals surface area contributed by atoms with Gasteiger partial charge in [-0.2, -0.15) is 0 Å². The molecule has 0 fully saturated rings. The molecule has 3 N–H and O–H groups in total. The number of aliphatic hydroxyl groups is 1. The van der Waals surface area contributed by atoms with Gasteiger partial charge in [0.15, 0.2) is 0 Å². The third kappa shape index (κ3) is 9.76. The minimum absolute atomic E-state index is 0. The van der Waals surface area contributed by atoms with Gasteiger partial charge in [-0.05, 0) is 43.3 Å². The molecule has 4 nitrogen and oxygen atoms in total. The van der Waals surface area contributed by atoms with Crippen molar-refractivity contribution in [3.63, 3.8) is 0 Å². The summed E-state index contributed by atoms with van der Waals surface area (Å²) in [4.78, 5) is 0. The summed E-state index contributed by atoms with van der Waals surface area (Å²) in [6.45, 7) is 4.01. The molecular formula is C19H27BrCl2N2O2. The first-order valence-corrected chi connectivity index (χ1v) is 9.06. The normalized spacial score (nSPS) is 9.92. The molecule has 0 heterocycles. The summed E-state index contributed by atoms with van der Waals surface area (Å²) in [6, 6.07) is 16.3. The summed E-state index contributed by atoms with van der Waals surface area (Å²) in [7, 11) is 0. The third-order valence-corrected chi connectivity index (χ3v) is 4.06. The first kappa shape index (κ1) is 25.2. The monoisotopic (exact) mass is 464 g/mol. The SMILES string of the molecule is Cl.Cl.OCCNCCCNCc1cc(Br)ccc1OCc1ccccc1. The summed E-state index contributed by atoms with van der Waals surface area (Å²) < 4.78 is 7.04. The van der Waals surface area contributed by atoms with E-state index in [1.807, 2.05) is 30.3 Å². The topological polar surface area (TPSA) is 53.5 Å². The van der Waals surface area contributed by atoms with Gasteiger partial charge in [0, 0.05) is 23.1 Å². The van der Waals surface area contributed by atoms with Gasteiger partial charge in [0.25, 0.3) is 0 Å². The van der Waals surface area contributed by atoms with Gasteiger partial charge < -0.3 is 20.5 Å². The Morgan fingerprint density at radius 1 is 0.923 bits per heavy atom. The second kappa shape index (κ2) is 15.3. The maximum atomic E-state index is 8.71. The molecule has 0 unspecified atom stereocenters. The Morgan fingerprint density at radius 3 is 2.38 bits per heavy atom. The second-order valence-electron chi connectivity index (χ2n) is 5.53. The van der Waals surface area contributed by atoms with Crippen molar-refractivity contribution in [2.45, 2.75) is 19.6 Å². The van der Waals surface area contributed by atoms with Crippen LogP contribution >= 0.6 is 40.7 Å². The van der Waals surface area contributed by atoms with Gasteiger partial charge in [0.2, 0.25) is 0 Å². The van der Waals surface area contributed by atoms with Crippen LogP contribution < -0.4 is 15.4 Å². The molecule has 0 saturated heterocycles. The number of hydrogen-bond acceptors (Lipinski definition) is 4. The first-order valence-electron chi connectivity index (χ1n) is 8.27. The van der Waals surface area contributed by atoms with Gasteiger partial charge in [-0.15, -0.1) is 24.8 Å². The molecule has 0 amide bonds. The zero-order valence-corrected chi connectivity index (χ0v) is 17.8. The van der Waals surface area contributed by atoms with Crippen molar-refractivity contribution in [1.29, 1.82) is 0 Å². The largest absolute Gasteiger partial charge is 0.489 e. The van der Waals surface area contributed by atoms with Crippen molar-refractivity contribution in [3.05, 3.63) is 64.1 Å². The zero-order chi connectivity index (χ0) is 17.0. The smallest absolute Gasteiger partial charge is 0.124 e. The van der Waals surface area contributed by atoms with E-state index in [0.29, 0.717) is 13.2 Å². The van der Waals surface area contributed by atoms with Crippen LogP contribution in [0.4, 0.5) is 0 Å². The quantitative estimate of drug-likeness (QED) is 0.440. The van der Waals surface area contributed by atoms with Crippen LogP contribution in [0.25, 0.3) is 0 Å². The summed E-state index contributed by atoms with van der Waals surface area (Å²) in [6.07, 6.45) is 1.02. The minimum Gasteiger partial charge on any atom is -0.489 e. The maximum absolute atomic E-state index is 8.71. The molecule has 2 rings (SSSR count). The van der Waals surface area contributed by atoms with E-state index in [1.165, 1.54) is 0 Å². The molecule has 26 heavy (non-hydrogen) atoms. The highest BCUT2D eigenvalue weighted by atomic mass is 79.9. The number of nitrogens with one attached hydrogen (secondary N) is 2. The molecule has 7 heteroatoms. The Hall–Kier alpha value is -0.820. The standard InChI is InChI=1S/C19H25BrN2O2.2ClH/c20-18-7-8-19(24-15-16-5-2-1-3-6-16)17(13-18)14-22-10-4-9-21-11-12-23;;/h1-3,5-8,13,21-23H,4,9-12,14-15H2;2*1H. The highest BCUT2D eigenvalue weighted by molar-refractivity contribution is 9.10. The molecule has 0 aliphatic rings. The van der Waals surface area contributed by atoms with Crippen LogP contribution in [0.2, 0.25) is 0 Å². The van der Waals surface area contributed by atoms with Crippen LogP contribution in [0, 0.1) is 0 Å². The lowest BCUT2D eigenvalue weighted by Crippen LogP contribution is -2.24. The van der Waals surface area contributed by atoms with Crippen LogP contribution in [-0.2, 0) is 13.2 Å². The molecule has 2 aromatic carbocycles. The highest BCUT2D eigenvalue weighted by Gasteiger charge is 2.05. The third-order valence-electron chi connectivity index (χ3n) is 3.57. The molecule has 0 aromatic heterocycles. The van der Waals surface area contributed by atoms with Crippen molar-refractivity contribution in [3.8, 4) is 5.75 Å². The summed E-state index contributed by atoms with van der Waals surface area (Å²) in [5, 5.41) is 15.3. The molecule has 0 aliphatic heterocycles.